The summed E-state index contributed by atoms with van der Waals surface area (Å²) in [6.07, 6.45) is 3.14. The number of aromatic nitrogens is 1. The lowest BCUT2D eigenvalue weighted by Gasteiger charge is -2.32. The van der Waals surface area contributed by atoms with Gasteiger partial charge in [-0.05, 0) is 54.7 Å². The third-order valence-corrected chi connectivity index (χ3v) is 6.80. The van der Waals surface area contributed by atoms with Crippen molar-refractivity contribution in [3.8, 4) is 11.5 Å². The molecule has 1 N–H and O–H groups in total. The molecule has 3 aromatic rings. The molecule has 0 spiro atoms. The van der Waals surface area contributed by atoms with Crippen molar-refractivity contribution in [1.29, 1.82) is 0 Å². The lowest BCUT2D eigenvalue weighted by molar-refractivity contribution is 0.0712. The van der Waals surface area contributed by atoms with Gasteiger partial charge in [0.05, 0.1) is 30.4 Å². The van der Waals surface area contributed by atoms with Gasteiger partial charge >= 0.3 is 0 Å². The Hall–Kier alpha value is -3.29. The zero-order valence-electron chi connectivity index (χ0n) is 19.4. The van der Waals surface area contributed by atoms with E-state index < -0.39 is 0 Å². The molecule has 0 radical (unpaired) electrons. The summed E-state index contributed by atoms with van der Waals surface area (Å²) >= 11 is 11.9. The summed E-state index contributed by atoms with van der Waals surface area (Å²) in [6.45, 7) is 1.28. The van der Waals surface area contributed by atoms with Crippen LogP contribution >= 0.6 is 23.2 Å². The number of rotatable bonds is 6. The minimum Gasteiger partial charge on any atom is -0.497 e. The molecule has 35 heavy (non-hydrogen) atoms. The molecule has 7 nitrogen and oxygen atoms in total. The number of nitrogens with one attached hydrogen (secondary N) is 1. The van der Waals surface area contributed by atoms with Crippen LogP contribution in [0.15, 0.2) is 54.7 Å². The number of carbonyl (C=O) groups is 2. The van der Waals surface area contributed by atoms with Gasteiger partial charge in [-0.25, -0.2) is 4.98 Å². The number of anilines is 1. The van der Waals surface area contributed by atoms with Gasteiger partial charge in [0, 0.05) is 31.0 Å². The number of carbonyl (C=O) groups excluding carboxylic acids is 2. The van der Waals surface area contributed by atoms with Crippen LogP contribution in [0.1, 0.15) is 45.0 Å². The van der Waals surface area contributed by atoms with E-state index in [0.29, 0.717) is 47.3 Å². The summed E-state index contributed by atoms with van der Waals surface area (Å²) in [7, 11) is 3.08. The monoisotopic (exact) mass is 513 g/mol. The molecule has 0 saturated carbocycles. The molecule has 4 rings (SSSR count). The predicted molar refractivity (Wildman–Crippen MR) is 136 cm³/mol. The van der Waals surface area contributed by atoms with Crippen LogP contribution in [0.25, 0.3) is 0 Å². The molecule has 2 aromatic carbocycles. The second kappa shape index (κ2) is 11.0. The van der Waals surface area contributed by atoms with Crippen molar-refractivity contribution >= 4 is 40.7 Å². The van der Waals surface area contributed by atoms with E-state index in [4.69, 9.17) is 32.7 Å². The maximum atomic E-state index is 12.8. The van der Waals surface area contributed by atoms with Crippen molar-refractivity contribution in [1.82, 2.24) is 9.88 Å². The van der Waals surface area contributed by atoms with E-state index in [1.807, 2.05) is 29.2 Å². The minimum atomic E-state index is -0.263. The fraction of sp³-hybridized carbons (Fsp3) is 0.269. The van der Waals surface area contributed by atoms with Gasteiger partial charge in [0.2, 0.25) is 0 Å². The van der Waals surface area contributed by atoms with Crippen molar-refractivity contribution in [2.75, 3.05) is 32.6 Å². The highest BCUT2D eigenvalue weighted by atomic mass is 35.5. The molecule has 0 atom stereocenters. The highest BCUT2D eigenvalue weighted by Crippen LogP contribution is 2.31. The van der Waals surface area contributed by atoms with Gasteiger partial charge in [-0.15, -0.1) is 0 Å². The first-order chi connectivity index (χ1) is 16.9. The summed E-state index contributed by atoms with van der Waals surface area (Å²) in [5.74, 6) is 1.03. The SMILES string of the molecule is COc1ccc(C(=O)Nc2ccc(C3CCN(C(=O)c4cnc(Cl)c(Cl)c4)CC3)cc2)c(OC)c1. The van der Waals surface area contributed by atoms with E-state index in [1.165, 1.54) is 18.9 Å². The van der Waals surface area contributed by atoms with Gasteiger partial charge in [-0.3, -0.25) is 9.59 Å². The molecule has 1 fully saturated rings. The van der Waals surface area contributed by atoms with Crippen molar-refractivity contribution in [2.24, 2.45) is 0 Å². The van der Waals surface area contributed by atoms with Crippen LogP contribution in [-0.2, 0) is 0 Å². The number of piperidine rings is 1. The molecule has 1 saturated heterocycles. The number of hydrogen-bond donors (Lipinski definition) is 1. The summed E-state index contributed by atoms with van der Waals surface area (Å²) in [5, 5.41) is 3.36. The van der Waals surface area contributed by atoms with Crippen LogP contribution in [0.2, 0.25) is 10.2 Å². The third-order valence-electron chi connectivity index (χ3n) is 6.12. The highest BCUT2D eigenvalue weighted by Gasteiger charge is 2.25. The van der Waals surface area contributed by atoms with Crippen molar-refractivity contribution in [3.05, 3.63) is 81.6 Å². The van der Waals surface area contributed by atoms with Crippen molar-refractivity contribution in [2.45, 2.75) is 18.8 Å². The molecular formula is C26H25Cl2N3O4. The van der Waals surface area contributed by atoms with Crippen LogP contribution < -0.4 is 14.8 Å². The van der Waals surface area contributed by atoms with E-state index in [9.17, 15) is 9.59 Å². The van der Waals surface area contributed by atoms with Crippen LogP contribution in [-0.4, -0.2) is 49.0 Å². The fourth-order valence-electron chi connectivity index (χ4n) is 4.16. The van der Waals surface area contributed by atoms with Crippen molar-refractivity contribution in [3.63, 3.8) is 0 Å². The topological polar surface area (TPSA) is 80.8 Å². The number of hydrogen-bond acceptors (Lipinski definition) is 5. The Labute approximate surface area is 214 Å². The predicted octanol–water partition coefficient (Wildman–Crippen LogP) is 5.68. The zero-order valence-corrected chi connectivity index (χ0v) is 20.9. The average Bonchev–Trinajstić information content (AvgIpc) is 2.90. The van der Waals surface area contributed by atoms with Crippen LogP contribution in [0.3, 0.4) is 0 Å². The molecule has 9 heteroatoms. The van der Waals surface area contributed by atoms with Gasteiger partial charge in [-0.1, -0.05) is 35.3 Å². The van der Waals surface area contributed by atoms with E-state index in [-0.39, 0.29) is 22.0 Å². The summed E-state index contributed by atoms with van der Waals surface area (Å²) in [4.78, 5) is 31.3. The summed E-state index contributed by atoms with van der Waals surface area (Å²) < 4.78 is 10.5. The third kappa shape index (κ3) is 5.69. The average molecular weight is 514 g/mol. The molecular weight excluding hydrogens is 489 g/mol. The molecule has 0 aliphatic carbocycles. The summed E-state index contributed by atoms with van der Waals surface area (Å²) in [5.41, 5.74) is 2.72. The molecule has 1 aliphatic heterocycles. The van der Waals surface area contributed by atoms with E-state index >= 15 is 0 Å². The lowest BCUT2D eigenvalue weighted by Crippen LogP contribution is -2.38. The first-order valence-corrected chi connectivity index (χ1v) is 11.9. The van der Waals surface area contributed by atoms with Crippen LogP contribution in [0.4, 0.5) is 5.69 Å². The number of pyridine rings is 1. The molecule has 182 valence electrons. The number of nitrogens with zero attached hydrogens (tertiary/aromatic N) is 2. The normalized spacial score (nSPS) is 13.9. The smallest absolute Gasteiger partial charge is 0.259 e. The number of amides is 2. The minimum absolute atomic E-state index is 0.0958. The van der Waals surface area contributed by atoms with E-state index in [1.54, 1.807) is 31.4 Å². The van der Waals surface area contributed by atoms with Crippen molar-refractivity contribution < 1.29 is 19.1 Å². The number of ether oxygens (including phenoxy) is 2. The number of halogens is 2. The van der Waals surface area contributed by atoms with Gasteiger partial charge < -0.3 is 19.7 Å². The molecule has 0 bridgehead atoms. The molecule has 2 heterocycles. The fourth-order valence-corrected chi connectivity index (χ4v) is 4.43. The van der Waals surface area contributed by atoms with E-state index in [0.717, 1.165) is 12.8 Å². The van der Waals surface area contributed by atoms with E-state index in [2.05, 4.69) is 10.3 Å². The second-order valence-corrected chi connectivity index (χ2v) is 8.97. The first kappa shape index (κ1) is 24.8. The second-order valence-electron chi connectivity index (χ2n) is 8.21. The quantitative estimate of drug-likeness (QED) is 0.429. The van der Waals surface area contributed by atoms with Crippen LogP contribution in [0.5, 0.6) is 11.5 Å². The van der Waals surface area contributed by atoms with Gasteiger partial charge in [0.15, 0.2) is 0 Å². The van der Waals surface area contributed by atoms with Gasteiger partial charge in [0.1, 0.15) is 16.7 Å². The van der Waals surface area contributed by atoms with Gasteiger partial charge in [-0.2, -0.15) is 0 Å². The maximum absolute atomic E-state index is 12.8. The first-order valence-electron chi connectivity index (χ1n) is 11.1. The Balaban J connectivity index is 1.35. The number of benzene rings is 2. The van der Waals surface area contributed by atoms with Gasteiger partial charge in [0.25, 0.3) is 11.8 Å². The lowest BCUT2D eigenvalue weighted by atomic mass is 9.89. The summed E-state index contributed by atoms with van der Waals surface area (Å²) in [6, 6.07) is 14.4. The Morgan fingerprint density at radius 1 is 1.00 bits per heavy atom. The highest BCUT2D eigenvalue weighted by molar-refractivity contribution is 6.41. The maximum Gasteiger partial charge on any atom is 0.259 e. The molecule has 2 amide bonds. The Kier molecular flexibility index (Phi) is 7.78. The largest absolute Gasteiger partial charge is 0.497 e. The standard InChI is InChI=1S/C26H25Cl2N3O4/c1-34-20-7-8-21(23(14-20)35-2)25(32)30-19-5-3-16(4-6-19)17-9-11-31(12-10-17)26(33)18-13-22(27)24(28)29-15-18/h3-8,13-15,17H,9-12H2,1-2H3,(H,30,32). The van der Waals surface area contributed by atoms with Crippen LogP contribution in [0, 0.1) is 0 Å². The molecule has 0 unspecified atom stereocenters. The molecule has 1 aliphatic rings. The molecule has 1 aromatic heterocycles. The zero-order chi connectivity index (χ0) is 24.9. The number of methoxy groups -OCH3 is 2. The number of likely N-dealkylation sites (tertiary alicyclic amines) is 1. The Morgan fingerprint density at radius 3 is 2.34 bits per heavy atom. The Morgan fingerprint density at radius 2 is 1.71 bits per heavy atom. The Bertz CT molecular complexity index is 1230.